The second-order valence-electron chi connectivity index (χ2n) is 6.57. The molecule has 5 nitrogen and oxygen atoms in total. The van der Waals surface area contributed by atoms with Gasteiger partial charge in [0.2, 0.25) is 0 Å². The van der Waals surface area contributed by atoms with Crippen LogP contribution in [0, 0.1) is 11.3 Å². The molecule has 2 aromatic rings. The van der Waals surface area contributed by atoms with Crippen LogP contribution >= 0.6 is 0 Å². The zero-order chi connectivity index (χ0) is 18.4. The minimum absolute atomic E-state index is 0.328. The van der Waals surface area contributed by atoms with Crippen molar-refractivity contribution < 1.29 is 9.53 Å². The van der Waals surface area contributed by atoms with Crippen LogP contribution in [0.25, 0.3) is 0 Å². The third kappa shape index (κ3) is 4.27. The van der Waals surface area contributed by atoms with Gasteiger partial charge in [-0.1, -0.05) is 37.6 Å². The monoisotopic (exact) mass is 339 g/mol. The number of hydrogen-bond acceptors (Lipinski definition) is 4. The van der Waals surface area contributed by atoms with Crippen LogP contribution in [0.2, 0.25) is 0 Å². The molecule has 1 heterocycles. The highest BCUT2D eigenvalue weighted by Gasteiger charge is 2.21. The first-order valence-electron chi connectivity index (χ1n) is 8.64. The molecular formula is C20H25N3O2. The van der Waals surface area contributed by atoms with Gasteiger partial charge in [-0.25, -0.2) is 9.78 Å². The van der Waals surface area contributed by atoms with Gasteiger partial charge in [-0.15, -0.1) is 0 Å². The number of aryl methyl sites for hydroxylation is 1. The van der Waals surface area contributed by atoms with Crippen LogP contribution in [0.15, 0.2) is 30.6 Å². The molecule has 0 spiro atoms. The lowest BCUT2D eigenvalue weighted by molar-refractivity contribution is 0.0513. The van der Waals surface area contributed by atoms with Gasteiger partial charge >= 0.3 is 5.97 Å². The maximum absolute atomic E-state index is 12.3. The van der Waals surface area contributed by atoms with E-state index in [0.717, 1.165) is 29.7 Å². The van der Waals surface area contributed by atoms with Crippen LogP contribution in [0.5, 0.6) is 0 Å². The SMILES string of the molecule is CCCc1ncn(Cc2ccc(C(C)(C)C#N)cc2)c1C(=O)OCC. The highest BCUT2D eigenvalue weighted by atomic mass is 16.5. The Bertz CT molecular complexity index is 767. The van der Waals surface area contributed by atoms with E-state index in [-0.39, 0.29) is 5.97 Å². The number of nitriles is 1. The lowest BCUT2D eigenvalue weighted by Crippen LogP contribution is -2.15. The number of esters is 1. The Hall–Kier alpha value is -2.61. The first-order chi connectivity index (χ1) is 11.9. The Morgan fingerprint density at radius 1 is 1.28 bits per heavy atom. The molecule has 132 valence electrons. The third-order valence-electron chi connectivity index (χ3n) is 4.18. The molecule has 0 amide bonds. The highest BCUT2D eigenvalue weighted by molar-refractivity contribution is 5.89. The van der Waals surface area contributed by atoms with E-state index in [1.54, 1.807) is 13.3 Å². The number of imidazole rings is 1. The second-order valence-corrected chi connectivity index (χ2v) is 6.57. The van der Waals surface area contributed by atoms with Crippen molar-refractivity contribution in [2.75, 3.05) is 6.61 Å². The predicted octanol–water partition coefficient (Wildman–Crippen LogP) is 3.86. The van der Waals surface area contributed by atoms with Gasteiger partial charge in [0.1, 0.15) is 0 Å². The summed E-state index contributed by atoms with van der Waals surface area (Å²) in [6, 6.07) is 10.2. The summed E-state index contributed by atoms with van der Waals surface area (Å²) in [7, 11) is 0. The van der Waals surface area contributed by atoms with Crippen LogP contribution in [0.3, 0.4) is 0 Å². The molecule has 0 unspecified atom stereocenters. The molecule has 1 aromatic heterocycles. The number of ether oxygens (including phenoxy) is 1. The number of nitrogens with zero attached hydrogens (tertiary/aromatic N) is 3. The van der Waals surface area contributed by atoms with Gasteiger partial charge in [-0.05, 0) is 38.3 Å². The molecule has 0 saturated heterocycles. The summed E-state index contributed by atoms with van der Waals surface area (Å²) < 4.78 is 7.03. The third-order valence-corrected chi connectivity index (χ3v) is 4.18. The van der Waals surface area contributed by atoms with E-state index in [1.807, 2.05) is 42.7 Å². The van der Waals surface area contributed by atoms with Gasteiger partial charge in [-0.2, -0.15) is 5.26 Å². The zero-order valence-electron chi connectivity index (χ0n) is 15.4. The maximum atomic E-state index is 12.3. The average Bonchev–Trinajstić information content (AvgIpc) is 2.98. The Morgan fingerprint density at radius 3 is 2.52 bits per heavy atom. The summed E-state index contributed by atoms with van der Waals surface area (Å²) in [5, 5.41) is 9.24. The smallest absolute Gasteiger partial charge is 0.356 e. The fourth-order valence-electron chi connectivity index (χ4n) is 2.69. The van der Waals surface area contributed by atoms with Gasteiger partial charge in [-0.3, -0.25) is 0 Å². The van der Waals surface area contributed by atoms with E-state index in [0.29, 0.717) is 18.8 Å². The average molecular weight is 339 g/mol. The molecule has 0 atom stereocenters. The van der Waals surface area contributed by atoms with Crippen molar-refractivity contribution in [2.45, 2.75) is 52.5 Å². The summed E-state index contributed by atoms with van der Waals surface area (Å²) in [4.78, 5) is 16.7. The number of carbonyl (C=O) groups excluding carboxylic acids is 1. The van der Waals surface area contributed by atoms with E-state index >= 15 is 0 Å². The quantitative estimate of drug-likeness (QED) is 0.718. The fourth-order valence-corrected chi connectivity index (χ4v) is 2.69. The van der Waals surface area contributed by atoms with Crippen molar-refractivity contribution in [2.24, 2.45) is 0 Å². The topological polar surface area (TPSA) is 67.9 Å². The van der Waals surface area contributed by atoms with Gasteiger partial charge in [0.15, 0.2) is 5.69 Å². The Balaban J connectivity index is 2.28. The molecule has 0 aliphatic rings. The van der Waals surface area contributed by atoms with Crippen molar-refractivity contribution in [3.8, 4) is 6.07 Å². The Morgan fingerprint density at radius 2 is 1.96 bits per heavy atom. The van der Waals surface area contributed by atoms with Crippen molar-refractivity contribution in [3.63, 3.8) is 0 Å². The molecule has 0 bridgehead atoms. The summed E-state index contributed by atoms with van der Waals surface area (Å²) in [6.07, 6.45) is 3.36. The molecular weight excluding hydrogens is 314 g/mol. The number of hydrogen-bond donors (Lipinski definition) is 0. The van der Waals surface area contributed by atoms with E-state index in [9.17, 15) is 10.1 Å². The normalized spacial score (nSPS) is 11.2. The summed E-state index contributed by atoms with van der Waals surface area (Å²) >= 11 is 0. The van der Waals surface area contributed by atoms with Crippen LogP contribution in [-0.4, -0.2) is 22.1 Å². The van der Waals surface area contributed by atoms with E-state index in [4.69, 9.17) is 4.74 Å². The van der Waals surface area contributed by atoms with Crippen molar-refractivity contribution in [1.29, 1.82) is 5.26 Å². The largest absolute Gasteiger partial charge is 0.461 e. The maximum Gasteiger partial charge on any atom is 0.356 e. The molecule has 0 fully saturated rings. The van der Waals surface area contributed by atoms with E-state index in [1.165, 1.54) is 0 Å². The minimum Gasteiger partial charge on any atom is -0.461 e. The molecule has 1 aromatic carbocycles. The van der Waals surface area contributed by atoms with Crippen LogP contribution in [0.1, 0.15) is 61.4 Å². The number of aromatic nitrogens is 2. The van der Waals surface area contributed by atoms with E-state index < -0.39 is 5.41 Å². The fraction of sp³-hybridized carbons (Fsp3) is 0.450. The van der Waals surface area contributed by atoms with Crippen molar-refractivity contribution in [1.82, 2.24) is 9.55 Å². The molecule has 0 saturated carbocycles. The standard InChI is InChI=1S/C20H25N3O2/c1-5-7-17-18(19(24)25-6-2)23(14-22-17)12-15-8-10-16(11-9-15)20(3,4)13-21/h8-11,14H,5-7,12H2,1-4H3. The minimum atomic E-state index is -0.516. The summed E-state index contributed by atoms with van der Waals surface area (Å²) in [6.45, 7) is 8.53. The molecule has 0 aliphatic carbocycles. The summed E-state index contributed by atoms with van der Waals surface area (Å²) in [5.41, 5.74) is 2.82. The van der Waals surface area contributed by atoms with Crippen LogP contribution in [0.4, 0.5) is 0 Å². The number of benzene rings is 1. The first kappa shape index (κ1) is 18.7. The molecule has 0 radical (unpaired) electrons. The Kier molecular flexibility index (Phi) is 5.97. The van der Waals surface area contributed by atoms with Crippen LogP contribution in [-0.2, 0) is 23.1 Å². The first-order valence-corrected chi connectivity index (χ1v) is 8.64. The predicted molar refractivity (Wildman–Crippen MR) is 96.4 cm³/mol. The molecule has 25 heavy (non-hydrogen) atoms. The lowest BCUT2D eigenvalue weighted by atomic mass is 9.86. The zero-order valence-corrected chi connectivity index (χ0v) is 15.4. The lowest BCUT2D eigenvalue weighted by Gasteiger charge is -2.16. The van der Waals surface area contributed by atoms with Crippen molar-refractivity contribution in [3.05, 3.63) is 53.1 Å². The molecule has 0 N–H and O–H groups in total. The van der Waals surface area contributed by atoms with Gasteiger partial charge in [0, 0.05) is 6.54 Å². The van der Waals surface area contributed by atoms with Crippen LogP contribution < -0.4 is 0 Å². The van der Waals surface area contributed by atoms with Gasteiger partial charge < -0.3 is 9.30 Å². The molecule has 0 aliphatic heterocycles. The van der Waals surface area contributed by atoms with E-state index in [2.05, 4.69) is 18.0 Å². The summed E-state index contributed by atoms with van der Waals surface area (Å²) in [5.74, 6) is -0.328. The second kappa shape index (κ2) is 7.98. The van der Waals surface area contributed by atoms with Gasteiger partial charge in [0.05, 0.1) is 30.1 Å². The highest BCUT2D eigenvalue weighted by Crippen LogP contribution is 2.23. The Labute approximate surface area is 149 Å². The molecule has 5 heteroatoms. The number of rotatable bonds is 7. The van der Waals surface area contributed by atoms with Gasteiger partial charge in [0.25, 0.3) is 0 Å². The number of carbonyl (C=O) groups is 1. The molecule has 2 rings (SSSR count). The van der Waals surface area contributed by atoms with Crippen molar-refractivity contribution >= 4 is 5.97 Å².